The van der Waals surface area contributed by atoms with E-state index in [1.54, 1.807) is 12.1 Å². The second kappa shape index (κ2) is 5.11. The highest BCUT2D eigenvalue weighted by atomic mass is 16.5. The zero-order chi connectivity index (χ0) is 15.3. The van der Waals surface area contributed by atoms with E-state index in [1.807, 2.05) is 0 Å². The molecule has 0 saturated heterocycles. The molecule has 0 aliphatic heterocycles. The van der Waals surface area contributed by atoms with Crippen LogP contribution in [0.15, 0.2) is 24.3 Å². The van der Waals surface area contributed by atoms with Crippen molar-refractivity contribution >= 4 is 11.9 Å². The van der Waals surface area contributed by atoms with Crippen LogP contribution in [0.4, 0.5) is 0 Å². The van der Waals surface area contributed by atoms with Crippen molar-refractivity contribution in [1.29, 1.82) is 0 Å². The largest absolute Gasteiger partial charge is 0.478 e. The lowest BCUT2D eigenvalue weighted by molar-refractivity contribution is 0.00115. The monoisotopic (exact) mass is 300 g/mol. The lowest BCUT2D eigenvalue weighted by Gasteiger charge is -2.31. The number of carboxylic acid groups (broad SMARTS) is 1. The lowest BCUT2D eigenvalue weighted by Crippen LogP contribution is -2.32. The third-order valence-electron chi connectivity index (χ3n) is 6.00. The van der Waals surface area contributed by atoms with Gasteiger partial charge in [-0.15, -0.1) is 0 Å². The van der Waals surface area contributed by atoms with E-state index in [1.165, 1.54) is 37.8 Å². The number of carboxylic acids is 1. The van der Waals surface area contributed by atoms with Crippen molar-refractivity contribution in [2.75, 3.05) is 0 Å². The molecule has 3 aliphatic carbocycles. The predicted octanol–water partition coefficient (Wildman–Crippen LogP) is 3.37. The number of hydrogen-bond donors (Lipinski definition) is 1. The van der Waals surface area contributed by atoms with E-state index < -0.39 is 11.9 Å². The Balaban J connectivity index is 1.51. The highest BCUT2D eigenvalue weighted by molar-refractivity contribution is 6.02. The average molecular weight is 300 g/mol. The Morgan fingerprint density at radius 1 is 1.00 bits per heavy atom. The van der Waals surface area contributed by atoms with Crippen LogP contribution >= 0.6 is 0 Å². The normalized spacial score (nSPS) is 35.4. The van der Waals surface area contributed by atoms with E-state index in [0.29, 0.717) is 11.8 Å². The SMILES string of the molecule is O=C(O)c1ccccc1C(=O)O[C@@H]1C[C@H]2C[C@@H]1[C@@H]1CCC[C@@H]21. The van der Waals surface area contributed by atoms with Crippen LogP contribution in [-0.2, 0) is 4.74 Å². The molecule has 0 aromatic heterocycles. The number of benzene rings is 1. The van der Waals surface area contributed by atoms with Crippen molar-refractivity contribution in [3.63, 3.8) is 0 Å². The Bertz CT molecular complexity index is 623. The summed E-state index contributed by atoms with van der Waals surface area (Å²) in [5.41, 5.74) is 0.190. The third kappa shape index (κ3) is 2.04. The molecule has 4 heteroatoms. The van der Waals surface area contributed by atoms with Gasteiger partial charge in [0.2, 0.25) is 0 Å². The van der Waals surface area contributed by atoms with Crippen LogP contribution in [0.5, 0.6) is 0 Å². The summed E-state index contributed by atoms with van der Waals surface area (Å²) in [6.07, 6.45) is 6.06. The standard InChI is InChI=1S/C18H20O4/c19-17(20)13-4-1-2-5-14(13)18(21)22-16-9-10-8-15(16)12-7-3-6-11(10)12/h1-2,4-5,10-12,15-16H,3,6-9H2,(H,19,20)/t10-,11+,12-,15-,16-/m1/s1. The summed E-state index contributed by atoms with van der Waals surface area (Å²) in [6.45, 7) is 0. The zero-order valence-electron chi connectivity index (χ0n) is 12.4. The van der Waals surface area contributed by atoms with Crippen molar-refractivity contribution in [2.24, 2.45) is 23.7 Å². The number of carbonyl (C=O) groups excluding carboxylic acids is 1. The first-order valence-electron chi connectivity index (χ1n) is 8.18. The molecule has 3 fully saturated rings. The van der Waals surface area contributed by atoms with Crippen molar-refractivity contribution in [2.45, 2.75) is 38.2 Å². The second-order valence-electron chi connectivity index (χ2n) is 6.95. The van der Waals surface area contributed by atoms with Gasteiger partial charge in [0.1, 0.15) is 6.10 Å². The summed E-state index contributed by atoms with van der Waals surface area (Å²) in [6, 6.07) is 6.29. The lowest BCUT2D eigenvalue weighted by atomic mass is 9.80. The molecule has 0 spiro atoms. The van der Waals surface area contributed by atoms with Gasteiger partial charge in [0.25, 0.3) is 0 Å². The minimum Gasteiger partial charge on any atom is -0.478 e. The van der Waals surface area contributed by atoms with Crippen LogP contribution in [0.3, 0.4) is 0 Å². The van der Waals surface area contributed by atoms with Crippen LogP contribution < -0.4 is 0 Å². The maximum atomic E-state index is 12.4. The van der Waals surface area contributed by atoms with E-state index in [9.17, 15) is 14.7 Å². The van der Waals surface area contributed by atoms with Gasteiger partial charge in [-0.05, 0) is 61.5 Å². The summed E-state index contributed by atoms with van der Waals surface area (Å²) < 4.78 is 5.73. The second-order valence-corrected chi connectivity index (χ2v) is 6.95. The van der Waals surface area contributed by atoms with Crippen molar-refractivity contribution in [3.8, 4) is 0 Å². The number of rotatable bonds is 3. The Hall–Kier alpha value is -1.84. The molecule has 5 atom stereocenters. The molecule has 1 aromatic carbocycles. The fourth-order valence-electron chi connectivity index (χ4n) is 5.19. The van der Waals surface area contributed by atoms with Crippen LogP contribution in [0, 0.1) is 23.7 Å². The highest BCUT2D eigenvalue weighted by Crippen LogP contribution is 2.59. The number of ether oxygens (including phenoxy) is 1. The first kappa shape index (κ1) is 13.8. The van der Waals surface area contributed by atoms with Crippen LogP contribution in [0.25, 0.3) is 0 Å². The van der Waals surface area contributed by atoms with E-state index in [0.717, 1.165) is 18.3 Å². The van der Waals surface area contributed by atoms with E-state index in [-0.39, 0.29) is 17.2 Å². The van der Waals surface area contributed by atoms with Gasteiger partial charge in [0.15, 0.2) is 0 Å². The van der Waals surface area contributed by atoms with Crippen LogP contribution in [0.2, 0.25) is 0 Å². The smallest absolute Gasteiger partial charge is 0.339 e. The van der Waals surface area contributed by atoms with Crippen LogP contribution in [0.1, 0.15) is 52.8 Å². The van der Waals surface area contributed by atoms with Gasteiger partial charge in [-0.2, -0.15) is 0 Å². The highest BCUT2D eigenvalue weighted by Gasteiger charge is 2.55. The number of fused-ring (bicyclic) bond motifs is 5. The number of esters is 1. The van der Waals surface area contributed by atoms with Gasteiger partial charge in [-0.1, -0.05) is 18.6 Å². The summed E-state index contributed by atoms with van der Waals surface area (Å²) in [5.74, 6) is 1.22. The van der Waals surface area contributed by atoms with Crippen LogP contribution in [-0.4, -0.2) is 23.1 Å². The first-order chi connectivity index (χ1) is 10.6. The van der Waals surface area contributed by atoms with E-state index >= 15 is 0 Å². The minimum atomic E-state index is -1.09. The molecule has 0 unspecified atom stereocenters. The molecular weight excluding hydrogens is 280 g/mol. The van der Waals surface area contributed by atoms with Gasteiger partial charge in [0.05, 0.1) is 11.1 Å². The maximum absolute atomic E-state index is 12.4. The van der Waals surface area contributed by atoms with Gasteiger partial charge in [-0.25, -0.2) is 9.59 Å². The topological polar surface area (TPSA) is 63.6 Å². The van der Waals surface area contributed by atoms with Crippen molar-refractivity contribution in [1.82, 2.24) is 0 Å². The fraction of sp³-hybridized carbons (Fsp3) is 0.556. The predicted molar refractivity (Wildman–Crippen MR) is 79.6 cm³/mol. The van der Waals surface area contributed by atoms with Gasteiger partial charge in [-0.3, -0.25) is 0 Å². The Morgan fingerprint density at radius 2 is 1.73 bits per heavy atom. The zero-order valence-corrected chi connectivity index (χ0v) is 12.4. The van der Waals surface area contributed by atoms with Gasteiger partial charge >= 0.3 is 11.9 Å². The Morgan fingerprint density at radius 3 is 2.50 bits per heavy atom. The molecule has 1 aromatic rings. The molecule has 22 heavy (non-hydrogen) atoms. The Kier molecular flexibility index (Phi) is 3.21. The van der Waals surface area contributed by atoms with Gasteiger partial charge in [0, 0.05) is 0 Å². The molecule has 3 saturated carbocycles. The summed E-state index contributed by atoms with van der Waals surface area (Å²) in [5, 5.41) is 9.20. The van der Waals surface area contributed by atoms with E-state index in [4.69, 9.17) is 4.74 Å². The van der Waals surface area contributed by atoms with Gasteiger partial charge < -0.3 is 9.84 Å². The molecule has 1 N–H and O–H groups in total. The van der Waals surface area contributed by atoms with Crippen molar-refractivity contribution in [3.05, 3.63) is 35.4 Å². The first-order valence-corrected chi connectivity index (χ1v) is 8.18. The maximum Gasteiger partial charge on any atom is 0.339 e. The number of aromatic carboxylic acids is 1. The fourth-order valence-corrected chi connectivity index (χ4v) is 5.19. The number of hydrogen-bond acceptors (Lipinski definition) is 3. The molecular formula is C18H20O4. The Labute approximate surface area is 129 Å². The molecule has 2 bridgehead atoms. The summed E-state index contributed by atoms with van der Waals surface area (Å²) >= 11 is 0. The van der Waals surface area contributed by atoms with Crippen molar-refractivity contribution < 1.29 is 19.4 Å². The average Bonchev–Trinajstić information content (AvgIpc) is 3.19. The molecule has 116 valence electrons. The molecule has 3 aliphatic rings. The molecule has 4 nitrogen and oxygen atoms in total. The van der Waals surface area contributed by atoms with E-state index in [2.05, 4.69) is 0 Å². The summed E-state index contributed by atoms with van der Waals surface area (Å²) in [4.78, 5) is 23.6. The summed E-state index contributed by atoms with van der Waals surface area (Å²) in [7, 11) is 0. The third-order valence-corrected chi connectivity index (χ3v) is 6.00. The molecule has 0 radical (unpaired) electrons. The quantitative estimate of drug-likeness (QED) is 0.869. The number of carbonyl (C=O) groups is 2. The molecule has 4 rings (SSSR count). The molecule has 0 amide bonds. The molecule has 0 heterocycles. The minimum absolute atomic E-state index is 0.0151.